The minimum absolute atomic E-state index is 0.485. The Morgan fingerprint density at radius 2 is 1.76 bits per heavy atom. The van der Waals surface area contributed by atoms with Gasteiger partial charge < -0.3 is 15.6 Å². The van der Waals surface area contributed by atoms with Gasteiger partial charge in [0.2, 0.25) is 0 Å². The number of hydrogen-bond donors (Lipinski definition) is 2. The highest BCUT2D eigenvalue weighted by molar-refractivity contribution is 6.06. The predicted octanol–water partition coefficient (Wildman–Crippen LogP) is 3.32. The number of nitrogens with zero attached hydrogens (tertiary/aromatic N) is 3. The maximum atomic E-state index is 6.22. The van der Waals surface area contributed by atoms with Gasteiger partial charge >= 0.3 is 0 Å². The van der Waals surface area contributed by atoms with Crippen LogP contribution in [0.5, 0.6) is 0 Å². The first-order valence-corrected chi connectivity index (χ1v) is 8.56. The van der Waals surface area contributed by atoms with E-state index < -0.39 is 0 Å². The summed E-state index contributed by atoms with van der Waals surface area (Å²) in [7, 11) is 0. The molecule has 0 unspecified atom stereocenters. The van der Waals surface area contributed by atoms with Crippen molar-refractivity contribution in [3.8, 4) is 0 Å². The zero-order chi connectivity index (χ0) is 17.2. The average Bonchev–Trinajstić information content (AvgIpc) is 3.00. The van der Waals surface area contributed by atoms with Crippen LogP contribution < -0.4 is 11.1 Å². The molecule has 25 heavy (non-hydrogen) atoms. The Labute approximate surface area is 146 Å². The molecular formula is C20H21N5. The molecule has 4 rings (SSSR count). The highest BCUT2D eigenvalue weighted by atomic mass is 15.1. The summed E-state index contributed by atoms with van der Waals surface area (Å²) in [5.74, 6) is 1.46. The molecule has 0 amide bonds. The third kappa shape index (κ3) is 2.83. The SMILES string of the molecule is CCNCc1nc2c(N)nc3ccccc3c2n1Cc1ccccc1. The Hall–Kier alpha value is -2.92. The van der Waals surface area contributed by atoms with E-state index in [1.54, 1.807) is 0 Å². The van der Waals surface area contributed by atoms with Crippen molar-refractivity contribution in [1.82, 2.24) is 19.9 Å². The zero-order valence-corrected chi connectivity index (χ0v) is 14.2. The number of benzene rings is 2. The largest absolute Gasteiger partial charge is 0.382 e. The van der Waals surface area contributed by atoms with Crippen LogP contribution in [-0.2, 0) is 13.1 Å². The Kier molecular flexibility index (Phi) is 4.07. The fourth-order valence-electron chi connectivity index (χ4n) is 3.21. The summed E-state index contributed by atoms with van der Waals surface area (Å²) in [6.45, 7) is 4.44. The molecule has 2 heterocycles. The van der Waals surface area contributed by atoms with Crippen LogP contribution in [0.3, 0.4) is 0 Å². The Morgan fingerprint density at radius 3 is 2.56 bits per heavy atom. The molecule has 2 aromatic heterocycles. The number of fused-ring (bicyclic) bond motifs is 3. The Morgan fingerprint density at radius 1 is 1.00 bits per heavy atom. The van der Waals surface area contributed by atoms with E-state index in [-0.39, 0.29) is 0 Å². The van der Waals surface area contributed by atoms with E-state index in [1.165, 1.54) is 5.56 Å². The second-order valence-electron chi connectivity index (χ2n) is 6.09. The van der Waals surface area contributed by atoms with Crippen molar-refractivity contribution in [1.29, 1.82) is 0 Å². The first kappa shape index (κ1) is 15.6. The lowest BCUT2D eigenvalue weighted by molar-refractivity contribution is 0.648. The number of rotatable bonds is 5. The van der Waals surface area contributed by atoms with Crippen molar-refractivity contribution in [2.24, 2.45) is 0 Å². The lowest BCUT2D eigenvalue weighted by atomic mass is 10.1. The summed E-state index contributed by atoms with van der Waals surface area (Å²) >= 11 is 0. The minimum atomic E-state index is 0.485. The molecule has 0 bridgehead atoms. The molecule has 0 saturated carbocycles. The number of nitrogens with two attached hydrogens (primary N) is 1. The number of pyridine rings is 1. The van der Waals surface area contributed by atoms with Crippen LogP contribution in [0.4, 0.5) is 5.82 Å². The standard InChI is InChI=1S/C20H21N5/c1-2-22-12-17-24-18-19(25(17)13-14-8-4-3-5-9-14)15-10-6-7-11-16(15)23-20(18)21/h3-11,22H,2,12-13H2,1H3,(H2,21,23). The van der Waals surface area contributed by atoms with Crippen LogP contribution in [0.2, 0.25) is 0 Å². The average molecular weight is 331 g/mol. The first-order chi connectivity index (χ1) is 12.3. The molecule has 0 spiro atoms. The Bertz CT molecular complexity index is 1020. The zero-order valence-electron chi connectivity index (χ0n) is 14.2. The molecule has 0 aliphatic carbocycles. The van der Waals surface area contributed by atoms with Crippen molar-refractivity contribution < 1.29 is 0 Å². The van der Waals surface area contributed by atoms with Crippen molar-refractivity contribution in [2.75, 3.05) is 12.3 Å². The van der Waals surface area contributed by atoms with E-state index in [4.69, 9.17) is 10.7 Å². The summed E-state index contributed by atoms with van der Waals surface area (Å²) in [6, 6.07) is 18.5. The van der Waals surface area contributed by atoms with Crippen LogP contribution in [-0.4, -0.2) is 21.1 Å². The van der Waals surface area contributed by atoms with Crippen molar-refractivity contribution in [3.63, 3.8) is 0 Å². The number of para-hydroxylation sites is 1. The van der Waals surface area contributed by atoms with Crippen LogP contribution >= 0.6 is 0 Å². The van der Waals surface area contributed by atoms with Gasteiger partial charge in [-0.1, -0.05) is 55.5 Å². The number of hydrogen-bond acceptors (Lipinski definition) is 4. The van der Waals surface area contributed by atoms with E-state index in [9.17, 15) is 0 Å². The number of aromatic nitrogens is 3. The molecule has 2 aromatic carbocycles. The van der Waals surface area contributed by atoms with Gasteiger partial charge in [0.1, 0.15) is 11.3 Å². The maximum Gasteiger partial charge on any atom is 0.152 e. The summed E-state index contributed by atoms with van der Waals surface area (Å²) in [4.78, 5) is 9.34. The van der Waals surface area contributed by atoms with Crippen LogP contribution in [0.25, 0.3) is 21.9 Å². The molecule has 0 aliphatic rings. The topological polar surface area (TPSA) is 68.8 Å². The predicted molar refractivity (Wildman–Crippen MR) is 102 cm³/mol. The van der Waals surface area contributed by atoms with Gasteiger partial charge in [-0.05, 0) is 18.2 Å². The molecule has 0 atom stereocenters. The smallest absolute Gasteiger partial charge is 0.152 e. The number of nitrogen functional groups attached to an aromatic ring is 1. The fourth-order valence-corrected chi connectivity index (χ4v) is 3.21. The molecule has 5 heteroatoms. The summed E-state index contributed by atoms with van der Waals surface area (Å²) in [6.07, 6.45) is 0. The summed E-state index contributed by atoms with van der Waals surface area (Å²) in [5.41, 5.74) is 10.2. The molecule has 5 nitrogen and oxygen atoms in total. The third-order valence-electron chi connectivity index (χ3n) is 4.41. The van der Waals surface area contributed by atoms with Gasteiger partial charge in [0.05, 0.1) is 17.6 Å². The maximum absolute atomic E-state index is 6.22. The molecule has 0 fully saturated rings. The lowest BCUT2D eigenvalue weighted by Crippen LogP contribution is -2.16. The first-order valence-electron chi connectivity index (χ1n) is 8.56. The highest BCUT2D eigenvalue weighted by Gasteiger charge is 2.17. The molecule has 3 N–H and O–H groups in total. The van der Waals surface area contributed by atoms with Crippen LogP contribution in [0.1, 0.15) is 18.3 Å². The Balaban J connectivity index is 1.98. The van der Waals surface area contributed by atoms with Gasteiger partial charge in [-0.2, -0.15) is 0 Å². The molecule has 0 aliphatic heterocycles. The highest BCUT2D eigenvalue weighted by Crippen LogP contribution is 2.29. The minimum Gasteiger partial charge on any atom is -0.382 e. The fraction of sp³-hybridized carbons (Fsp3) is 0.200. The van der Waals surface area contributed by atoms with Crippen LogP contribution in [0.15, 0.2) is 54.6 Å². The van der Waals surface area contributed by atoms with E-state index in [0.29, 0.717) is 12.4 Å². The van der Waals surface area contributed by atoms with E-state index in [2.05, 4.69) is 52.1 Å². The third-order valence-corrected chi connectivity index (χ3v) is 4.41. The molecule has 0 radical (unpaired) electrons. The molecule has 4 aromatic rings. The number of anilines is 1. The number of imidazole rings is 1. The molecular weight excluding hydrogens is 310 g/mol. The van der Waals surface area contributed by atoms with Crippen molar-refractivity contribution in [3.05, 3.63) is 66.0 Å². The van der Waals surface area contributed by atoms with Gasteiger partial charge in [0.25, 0.3) is 0 Å². The van der Waals surface area contributed by atoms with Crippen molar-refractivity contribution in [2.45, 2.75) is 20.0 Å². The van der Waals surface area contributed by atoms with Crippen LogP contribution in [0, 0.1) is 0 Å². The monoisotopic (exact) mass is 331 g/mol. The van der Waals surface area contributed by atoms with Gasteiger partial charge in [-0.3, -0.25) is 0 Å². The second kappa shape index (κ2) is 6.53. The quantitative estimate of drug-likeness (QED) is 0.588. The number of nitrogens with one attached hydrogen (secondary N) is 1. The van der Waals surface area contributed by atoms with E-state index in [1.807, 2.05) is 24.3 Å². The van der Waals surface area contributed by atoms with E-state index >= 15 is 0 Å². The van der Waals surface area contributed by atoms with Gasteiger partial charge in [0, 0.05) is 11.9 Å². The molecule has 0 saturated heterocycles. The van der Waals surface area contributed by atoms with E-state index in [0.717, 1.165) is 40.9 Å². The second-order valence-corrected chi connectivity index (χ2v) is 6.09. The summed E-state index contributed by atoms with van der Waals surface area (Å²) in [5, 5.41) is 4.46. The van der Waals surface area contributed by atoms with Gasteiger partial charge in [-0.25, -0.2) is 9.97 Å². The normalized spacial score (nSPS) is 11.4. The lowest BCUT2D eigenvalue weighted by Gasteiger charge is -2.11. The summed E-state index contributed by atoms with van der Waals surface area (Å²) < 4.78 is 2.26. The van der Waals surface area contributed by atoms with Crippen molar-refractivity contribution >= 4 is 27.8 Å². The molecule has 126 valence electrons. The van der Waals surface area contributed by atoms with Gasteiger partial charge in [0.15, 0.2) is 5.82 Å². The van der Waals surface area contributed by atoms with Gasteiger partial charge in [-0.15, -0.1) is 0 Å².